The summed E-state index contributed by atoms with van der Waals surface area (Å²) >= 11 is 0. The van der Waals surface area contributed by atoms with Gasteiger partial charge in [-0.1, -0.05) is 27.7 Å². The van der Waals surface area contributed by atoms with Gasteiger partial charge in [0.2, 0.25) is 65.0 Å². The number of carbonyl (C=O) groups excluding carboxylic acids is 11. The van der Waals surface area contributed by atoms with Gasteiger partial charge in [-0.2, -0.15) is 0 Å². The Labute approximate surface area is 375 Å². The van der Waals surface area contributed by atoms with Crippen molar-refractivity contribution in [3.63, 3.8) is 0 Å². The van der Waals surface area contributed by atoms with Crippen molar-refractivity contribution in [2.24, 2.45) is 23.3 Å². The summed E-state index contributed by atoms with van der Waals surface area (Å²) in [6.45, 7) is 4.48. The number of aromatic amines is 1. The van der Waals surface area contributed by atoms with Gasteiger partial charge in [-0.3, -0.25) is 52.7 Å². The molecule has 26 heteroatoms. The molecule has 1 aliphatic heterocycles. The van der Waals surface area contributed by atoms with E-state index in [0.29, 0.717) is 12.1 Å². The second-order valence-electron chi connectivity index (χ2n) is 16.2. The van der Waals surface area contributed by atoms with Gasteiger partial charge in [-0.15, -0.1) is 0 Å². The molecule has 362 valence electrons. The molecule has 0 saturated carbocycles. The number of likely N-dealkylation sites (tertiary alicyclic amines) is 1. The predicted octanol–water partition coefficient (Wildman–Crippen LogP) is -6.62. The van der Waals surface area contributed by atoms with Crippen LogP contribution in [-0.2, 0) is 59.2 Å². The molecule has 0 unspecified atom stereocenters. The summed E-state index contributed by atoms with van der Waals surface area (Å²) in [5, 5.41) is 31.2. The zero-order chi connectivity index (χ0) is 48.8. The van der Waals surface area contributed by atoms with Crippen molar-refractivity contribution in [1.29, 1.82) is 0 Å². The number of aliphatic hydroxyl groups is 1. The summed E-state index contributed by atoms with van der Waals surface area (Å²) in [7, 11) is 1.39. The first-order chi connectivity index (χ1) is 30.6. The first kappa shape index (κ1) is 54.4. The molecule has 15 N–H and O–H groups in total. The number of primary amides is 1. The number of amides is 11. The predicted molar refractivity (Wildman–Crippen MR) is 229 cm³/mol. The molecule has 65 heavy (non-hydrogen) atoms. The minimum Gasteiger partial charge on any atom is -0.394 e. The topological polar surface area (TPSA) is 400 Å². The summed E-state index contributed by atoms with van der Waals surface area (Å²) in [6, 6.07) is -7.67. The smallest absolute Gasteiger partial charge is 0.245 e. The van der Waals surface area contributed by atoms with Gasteiger partial charge in [0, 0.05) is 31.9 Å². The molecule has 6 atom stereocenters. The molecule has 0 radical (unpaired) electrons. The molecule has 26 nitrogen and oxygen atoms in total. The SMILES string of the molecule is CNC(=O)CNC(=O)CNC(=O)CNC(=O)[C@H](CC(C)C)NC(=O)[C@@H]1CCCN1C(=O)[C@H](CC(C)C)NC(=O)CNC(=O)[C@H](CC(N)=O)NC(=O)[C@H](CO)NC(=O)[C@@H](N)Cc1cnc[nH]1. The van der Waals surface area contributed by atoms with Gasteiger partial charge in [0.05, 0.1) is 51.6 Å². The van der Waals surface area contributed by atoms with E-state index in [1.54, 1.807) is 13.8 Å². The maximum Gasteiger partial charge on any atom is 0.245 e. The molecule has 1 fully saturated rings. The van der Waals surface area contributed by atoms with Gasteiger partial charge < -0.3 is 74.3 Å². The minimum atomic E-state index is -1.64. The van der Waals surface area contributed by atoms with E-state index in [9.17, 15) is 57.8 Å². The number of carbonyl (C=O) groups is 11. The van der Waals surface area contributed by atoms with Crippen LogP contribution in [0.2, 0.25) is 0 Å². The first-order valence-electron chi connectivity index (χ1n) is 21.1. The van der Waals surface area contributed by atoms with Gasteiger partial charge in [0.25, 0.3) is 0 Å². The molecule has 11 amide bonds. The molecule has 0 spiro atoms. The average Bonchev–Trinajstić information content (AvgIpc) is 3.96. The molecule has 1 aromatic rings. The molecule has 0 aromatic carbocycles. The van der Waals surface area contributed by atoms with Crippen LogP contribution in [0.15, 0.2) is 12.5 Å². The van der Waals surface area contributed by atoms with Crippen molar-refractivity contribution >= 4 is 65.0 Å². The maximum atomic E-state index is 14.0. The van der Waals surface area contributed by atoms with E-state index < -0.39 is 134 Å². The lowest BCUT2D eigenvalue weighted by atomic mass is 10.0. The number of imidazole rings is 1. The largest absolute Gasteiger partial charge is 0.394 e. The van der Waals surface area contributed by atoms with E-state index in [1.807, 2.05) is 13.8 Å². The molecule has 0 bridgehead atoms. The number of aliphatic hydroxyl groups excluding tert-OH is 1. The monoisotopic (exact) mass is 920 g/mol. The number of hydrogen-bond acceptors (Lipinski definition) is 14. The second kappa shape index (κ2) is 27.5. The molecule has 2 heterocycles. The van der Waals surface area contributed by atoms with E-state index in [-0.39, 0.29) is 50.6 Å². The Bertz CT molecular complexity index is 1840. The van der Waals surface area contributed by atoms with Crippen LogP contribution >= 0.6 is 0 Å². The summed E-state index contributed by atoms with van der Waals surface area (Å²) in [6.07, 6.45) is 3.08. The average molecular weight is 921 g/mol. The van der Waals surface area contributed by atoms with E-state index >= 15 is 0 Å². The van der Waals surface area contributed by atoms with Crippen LogP contribution in [0.3, 0.4) is 0 Å². The molecule has 1 saturated heterocycles. The second-order valence-corrected chi connectivity index (χ2v) is 16.2. The van der Waals surface area contributed by atoms with Gasteiger partial charge in [-0.05, 0) is 37.5 Å². The Morgan fingerprint density at radius 3 is 1.83 bits per heavy atom. The highest BCUT2D eigenvalue weighted by molar-refractivity contribution is 5.98. The van der Waals surface area contributed by atoms with E-state index in [1.165, 1.54) is 24.5 Å². The summed E-state index contributed by atoms with van der Waals surface area (Å²) in [5.74, 6) is -8.69. The van der Waals surface area contributed by atoms with Crippen LogP contribution in [0.4, 0.5) is 0 Å². The van der Waals surface area contributed by atoms with Crippen molar-refractivity contribution < 1.29 is 57.8 Å². The first-order valence-corrected chi connectivity index (χ1v) is 21.1. The van der Waals surface area contributed by atoms with Crippen LogP contribution in [-0.4, -0.2) is 168 Å². The number of nitrogens with zero attached hydrogens (tertiary/aromatic N) is 2. The van der Waals surface area contributed by atoms with Crippen LogP contribution in [0, 0.1) is 11.8 Å². The van der Waals surface area contributed by atoms with Gasteiger partial charge in [0.15, 0.2) is 0 Å². The normalized spacial score (nSPS) is 15.6. The third-order valence-electron chi connectivity index (χ3n) is 9.72. The lowest BCUT2D eigenvalue weighted by Crippen LogP contribution is -2.59. The van der Waals surface area contributed by atoms with Crippen LogP contribution in [0.5, 0.6) is 0 Å². The minimum absolute atomic E-state index is 0.0258. The van der Waals surface area contributed by atoms with Crippen LogP contribution in [0.1, 0.15) is 65.5 Å². The Kier molecular flexibility index (Phi) is 23.0. The van der Waals surface area contributed by atoms with E-state index in [4.69, 9.17) is 11.5 Å². The number of rotatable bonds is 27. The Balaban J connectivity index is 2.04. The summed E-state index contributed by atoms with van der Waals surface area (Å²) < 4.78 is 0. The quantitative estimate of drug-likeness (QED) is 0.0391. The highest BCUT2D eigenvalue weighted by atomic mass is 16.3. The Hall–Kier alpha value is -6.70. The highest BCUT2D eigenvalue weighted by Gasteiger charge is 2.39. The fourth-order valence-corrected chi connectivity index (χ4v) is 6.45. The molecule has 1 aromatic heterocycles. The third kappa shape index (κ3) is 19.7. The molecule has 0 aliphatic carbocycles. The number of aromatic nitrogens is 2. The zero-order valence-electron chi connectivity index (χ0n) is 37.2. The fourth-order valence-electron chi connectivity index (χ4n) is 6.45. The highest BCUT2D eigenvalue weighted by Crippen LogP contribution is 2.21. The number of H-pyrrole nitrogens is 1. The van der Waals surface area contributed by atoms with Crippen molar-refractivity contribution in [2.45, 2.75) is 102 Å². The lowest BCUT2D eigenvalue weighted by molar-refractivity contribution is -0.142. The van der Waals surface area contributed by atoms with Crippen molar-refractivity contribution in [2.75, 3.05) is 46.4 Å². The lowest BCUT2D eigenvalue weighted by Gasteiger charge is -2.30. The van der Waals surface area contributed by atoms with Crippen molar-refractivity contribution in [3.05, 3.63) is 18.2 Å². The van der Waals surface area contributed by atoms with Crippen LogP contribution in [0.25, 0.3) is 0 Å². The molecule has 2 rings (SSSR count). The standard InChI is InChI=1S/C39H64N14O12/c1-20(2)9-24(35(61)46-16-32(58)45-15-31(57)44-14-30(56)42-5)51-38(64)28-7-6-8-53(28)39(65)26(10-21(3)4)49-33(59)17-47-36(62)25(12-29(41)55)50-37(63)27(18-54)52-34(60)23(40)11-22-13-43-19-48-22/h13,19-21,23-28,54H,6-12,14-18,40H2,1-5H3,(H2,41,55)(H,42,56)(H,43,48)(H,44,57)(H,45,58)(H,46,61)(H,47,62)(H,49,59)(H,50,63)(H,51,64)(H,52,60)/t23-,24-,25-,26-,27-,28-/m0/s1. The van der Waals surface area contributed by atoms with Crippen molar-refractivity contribution in [3.8, 4) is 0 Å². The summed E-state index contributed by atoms with van der Waals surface area (Å²) in [5.41, 5.74) is 11.7. The summed E-state index contributed by atoms with van der Waals surface area (Å²) in [4.78, 5) is 148. The fraction of sp³-hybridized carbons (Fsp3) is 0.641. The van der Waals surface area contributed by atoms with E-state index in [2.05, 4.69) is 57.8 Å². The third-order valence-corrected chi connectivity index (χ3v) is 9.72. The number of nitrogens with two attached hydrogens (primary N) is 2. The van der Waals surface area contributed by atoms with Gasteiger partial charge in [0.1, 0.15) is 30.2 Å². The maximum absolute atomic E-state index is 14.0. The molecular weight excluding hydrogens is 857 g/mol. The van der Waals surface area contributed by atoms with E-state index in [0.717, 1.165) is 0 Å². The van der Waals surface area contributed by atoms with Crippen molar-refractivity contribution in [1.82, 2.24) is 62.7 Å². The number of hydrogen-bond donors (Lipinski definition) is 13. The zero-order valence-corrected chi connectivity index (χ0v) is 37.2. The Morgan fingerprint density at radius 2 is 1.28 bits per heavy atom. The molecular formula is C39H64N14O12. The molecule has 1 aliphatic rings. The number of nitrogens with one attached hydrogen (secondary N) is 10. The van der Waals surface area contributed by atoms with Gasteiger partial charge >= 0.3 is 0 Å². The number of likely N-dealkylation sites (N-methyl/N-ethyl adjacent to an activating group) is 1. The van der Waals surface area contributed by atoms with Gasteiger partial charge in [-0.25, -0.2) is 4.98 Å². The Morgan fingerprint density at radius 1 is 0.723 bits per heavy atom. The van der Waals surface area contributed by atoms with Crippen LogP contribution < -0.4 is 59.3 Å².